The highest BCUT2D eigenvalue weighted by molar-refractivity contribution is 6.13. The standard InChI is InChI=1S/C24H25N3O3/c1-24(2,3)17-9-5-15(6-10-17)22(28)21-20(25)19(13-14-26-21)27-23(29)16-7-11-18(30-4)12-8-16/h5-14H,25H2,1-4H3,(H,26,27,29). The molecule has 0 saturated heterocycles. The van der Waals surface area contributed by atoms with Gasteiger partial charge < -0.3 is 15.8 Å². The second-order valence-corrected chi connectivity index (χ2v) is 7.96. The zero-order valence-corrected chi connectivity index (χ0v) is 17.5. The van der Waals surface area contributed by atoms with Gasteiger partial charge >= 0.3 is 0 Å². The average molecular weight is 403 g/mol. The molecule has 1 amide bonds. The van der Waals surface area contributed by atoms with Crippen LogP contribution in [0.2, 0.25) is 0 Å². The lowest BCUT2D eigenvalue weighted by Crippen LogP contribution is -2.16. The number of carbonyl (C=O) groups excluding carboxylic acids is 2. The Balaban J connectivity index is 1.83. The van der Waals surface area contributed by atoms with Crippen molar-refractivity contribution in [2.45, 2.75) is 26.2 Å². The molecule has 2 aromatic carbocycles. The maximum absolute atomic E-state index is 12.9. The van der Waals surface area contributed by atoms with Crippen LogP contribution in [0.5, 0.6) is 5.75 Å². The van der Waals surface area contributed by atoms with Gasteiger partial charge in [0, 0.05) is 17.3 Å². The number of pyridine rings is 1. The van der Waals surface area contributed by atoms with E-state index in [4.69, 9.17) is 10.5 Å². The molecule has 1 aromatic heterocycles. The number of carbonyl (C=O) groups is 2. The molecule has 0 atom stereocenters. The minimum Gasteiger partial charge on any atom is -0.497 e. The number of rotatable bonds is 5. The summed E-state index contributed by atoms with van der Waals surface area (Å²) >= 11 is 0. The van der Waals surface area contributed by atoms with E-state index >= 15 is 0 Å². The first-order chi connectivity index (χ1) is 14.2. The smallest absolute Gasteiger partial charge is 0.255 e. The van der Waals surface area contributed by atoms with Gasteiger partial charge in [0.05, 0.1) is 18.5 Å². The molecule has 6 nitrogen and oxygen atoms in total. The van der Waals surface area contributed by atoms with E-state index in [-0.39, 0.29) is 28.5 Å². The normalized spacial score (nSPS) is 11.1. The van der Waals surface area contributed by atoms with Crippen LogP contribution in [0.25, 0.3) is 0 Å². The van der Waals surface area contributed by atoms with E-state index in [1.165, 1.54) is 6.20 Å². The molecule has 3 rings (SSSR count). The van der Waals surface area contributed by atoms with Crippen molar-refractivity contribution in [1.82, 2.24) is 4.98 Å². The number of hydrogen-bond donors (Lipinski definition) is 2. The Morgan fingerprint density at radius 2 is 1.53 bits per heavy atom. The zero-order chi connectivity index (χ0) is 21.9. The summed E-state index contributed by atoms with van der Waals surface area (Å²) in [6, 6.07) is 15.7. The first kappa shape index (κ1) is 21.0. The molecule has 6 heteroatoms. The van der Waals surface area contributed by atoms with E-state index in [1.54, 1.807) is 49.6 Å². The largest absolute Gasteiger partial charge is 0.497 e. The lowest BCUT2D eigenvalue weighted by Gasteiger charge is -2.19. The number of methoxy groups -OCH3 is 1. The number of nitrogens with one attached hydrogen (secondary N) is 1. The number of ketones is 1. The van der Waals surface area contributed by atoms with Crippen molar-refractivity contribution in [3.63, 3.8) is 0 Å². The molecule has 0 bridgehead atoms. The second kappa shape index (κ2) is 8.37. The van der Waals surface area contributed by atoms with Crippen molar-refractivity contribution in [3.05, 3.63) is 83.2 Å². The average Bonchev–Trinajstić information content (AvgIpc) is 2.74. The molecule has 0 aliphatic rings. The van der Waals surface area contributed by atoms with Crippen LogP contribution in [0, 0.1) is 0 Å². The summed E-state index contributed by atoms with van der Waals surface area (Å²) in [4.78, 5) is 29.6. The van der Waals surface area contributed by atoms with Crippen molar-refractivity contribution in [1.29, 1.82) is 0 Å². The highest BCUT2D eigenvalue weighted by atomic mass is 16.5. The van der Waals surface area contributed by atoms with Gasteiger partial charge in [0.2, 0.25) is 5.78 Å². The number of benzene rings is 2. The van der Waals surface area contributed by atoms with E-state index < -0.39 is 0 Å². The molecule has 0 aliphatic carbocycles. The van der Waals surface area contributed by atoms with Gasteiger partial charge in [-0.25, -0.2) is 0 Å². The minimum absolute atomic E-state index is 0.00941. The maximum Gasteiger partial charge on any atom is 0.255 e. The number of aromatic nitrogens is 1. The SMILES string of the molecule is COc1ccc(C(=O)Nc2ccnc(C(=O)c3ccc(C(C)(C)C)cc3)c2N)cc1. The number of nitrogens with two attached hydrogens (primary N) is 1. The van der Waals surface area contributed by atoms with Crippen LogP contribution in [-0.2, 0) is 5.41 Å². The van der Waals surface area contributed by atoms with Crippen LogP contribution in [0.15, 0.2) is 60.8 Å². The van der Waals surface area contributed by atoms with Crippen LogP contribution in [0.3, 0.4) is 0 Å². The van der Waals surface area contributed by atoms with Crippen molar-refractivity contribution in [2.24, 2.45) is 0 Å². The summed E-state index contributed by atoms with van der Waals surface area (Å²) in [5.74, 6) is 0.0114. The Morgan fingerprint density at radius 3 is 2.10 bits per heavy atom. The molecule has 154 valence electrons. The summed E-state index contributed by atoms with van der Waals surface area (Å²) in [5, 5.41) is 2.74. The van der Waals surface area contributed by atoms with E-state index in [9.17, 15) is 9.59 Å². The van der Waals surface area contributed by atoms with E-state index in [0.717, 1.165) is 5.56 Å². The van der Waals surface area contributed by atoms with Gasteiger partial charge in [0.15, 0.2) is 0 Å². The molecule has 3 N–H and O–H groups in total. The monoisotopic (exact) mass is 403 g/mol. The predicted octanol–water partition coefficient (Wildman–Crippen LogP) is 4.45. The number of nitrogen functional groups attached to an aromatic ring is 1. The van der Waals surface area contributed by atoms with Crippen LogP contribution < -0.4 is 15.8 Å². The molecular formula is C24H25N3O3. The Kier molecular flexibility index (Phi) is 5.87. The third-order valence-electron chi connectivity index (χ3n) is 4.82. The zero-order valence-electron chi connectivity index (χ0n) is 17.5. The van der Waals surface area contributed by atoms with Crippen LogP contribution in [0.4, 0.5) is 11.4 Å². The van der Waals surface area contributed by atoms with Gasteiger partial charge in [-0.05, 0) is 41.3 Å². The maximum atomic E-state index is 12.9. The summed E-state index contributed by atoms with van der Waals surface area (Å²) in [6.07, 6.45) is 1.46. The lowest BCUT2D eigenvalue weighted by atomic mass is 9.86. The molecule has 1 heterocycles. The molecular weight excluding hydrogens is 378 g/mol. The number of hydrogen-bond acceptors (Lipinski definition) is 5. The van der Waals surface area contributed by atoms with E-state index in [1.807, 2.05) is 12.1 Å². The molecule has 30 heavy (non-hydrogen) atoms. The molecule has 0 spiro atoms. The lowest BCUT2D eigenvalue weighted by molar-refractivity contribution is 0.102. The van der Waals surface area contributed by atoms with Gasteiger partial charge in [0.1, 0.15) is 11.4 Å². The quantitative estimate of drug-likeness (QED) is 0.614. The van der Waals surface area contributed by atoms with E-state index in [2.05, 4.69) is 31.1 Å². The fraction of sp³-hybridized carbons (Fsp3) is 0.208. The Hall–Kier alpha value is -3.67. The number of anilines is 2. The first-order valence-corrected chi connectivity index (χ1v) is 9.56. The topological polar surface area (TPSA) is 94.3 Å². The fourth-order valence-corrected chi connectivity index (χ4v) is 2.96. The fourth-order valence-electron chi connectivity index (χ4n) is 2.96. The highest BCUT2D eigenvalue weighted by Crippen LogP contribution is 2.26. The molecule has 0 fully saturated rings. The molecule has 0 unspecified atom stereocenters. The summed E-state index contributed by atoms with van der Waals surface area (Å²) < 4.78 is 5.10. The number of nitrogens with zero attached hydrogens (tertiary/aromatic N) is 1. The minimum atomic E-state index is -0.344. The van der Waals surface area contributed by atoms with Crippen molar-refractivity contribution in [3.8, 4) is 5.75 Å². The summed E-state index contributed by atoms with van der Waals surface area (Å²) in [5.41, 5.74) is 8.79. The van der Waals surface area contributed by atoms with Crippen LogP contribution in [-0.4, -0.2) is 23.8 Å². The Bertz CT molecular complexity index is 1070. The number of amides is 1. The van der Waals surface area contributed by atoms with Gasteiger partial charge in [-0.1, -0.05) is 45.0 Å². The molecule has 0 saturated carbocycles. The summed E-state index contributed by atoms with van der Waals surface area (Å²) in [6.45, 7) is 6.33. The first-order valence-electron chi connectivity index (χ1n) is 9.56. The molecule has 3 aromatic rings. The third kappa shape index (κ3) is 4.49. The Morgan fingerprint density at radius 1 is 0.933 bits per heavy atom. The number of ether oxygens (including phenoxy) is 1. The second-order valence-electron chi connectivity index (χ2n) is 7.96. The van der Waals surface area contributed by atoms with Gasteiger partial charge in [0.25, 0.3) is 5.91 Å². The molecule has 0 aliphatic heterocycles. The van der Waals surface area contributed by atoms with Crippen LogP contribution >= 0.6 is 0 Å². The van der Waals surface area contributed by atoms with Gasteiger partial charge in [-0.15, -0.1) is 0 Å². The molecule has 0 radical (unpaired) electrons. The van der Waals surface area contributed by atoms with Gasteiger partial charge in [-0.3, -0.25) is 14.6 Å². The highest BCUT2D eigenvalue weighted by Gasteiger charge is 2.19. The van der Waals surface area contributed by atoms with E-state index in [0.29, 0.717) is 22.6 Å². The Labute approximate surface area is 176 Å². The van der Waals surface area contributed by atoms with Crippen molar-refractivity contribution in [2.75, 3.05) is 18.2 Å². The third-order valence-corrected chi connectivity index (χ3v) is 4.82. The van der Waals surface area contributed by atoms with Gasteiger partial charge in [-0.2, -0.15) is 0 Å². The predicted molar refractivity (Wildman–Crippen MR) is 118 cm³/mol. The summed E-state index contributed by atoms with van der Waals surface area (Å²) in [7, 11) is 1.56. The van der Waals surface area contributed by atoms with Crippen molar-refractivity contribution >= 4 is 23.1 Å². The van der Waals surface area contributed by atoms with Crippen LogP contribution in [0.1, 0.15) is 52.7 Å². The van der Waals surface area contributed by atoms with Crippen molar-refractivity contribution < 1.29 is 14.3 Å².